The molecule has 0 amide bonds. The number of esters is 1. The van der Waals surface area contributed by atoms with Crippen molar-refractivity contribution in [1.82, 2.24) is 9.97 Å². The Labute approximate surface area is 166 Å². The van der Waals surface area contributed by atoms with Gasteiger partial charge in [0.1, 0.15) is 10.6 Å². The van der Waals surface area contributed by atoms with Gasteiger partial charge >= 0.3 is 12.0 Å². The third-order valence-electron chi connectivity index (χ3n) is 4.33. The second-order valence-electron chi connectivity index (χ2n) is 6.55. The number of benzene rings is 1. The molecule has 0 saturated carbocycles. The summed E-state index contributed by atoms with van der Waals surface area (Å²) in [5.41, 5.74) is 1.03. The van der Waals surface area contributed by atoms with Gasteiger partial charge in [-0.15, -0.1) is 11.3 Å². The van der Waals surface area contributed by atoms with Crippen LogP contribution in [-0.4, -0.2) is 22.7 Å². The molecule has 0 spiro atoms. The van der Waals surface area contributed by atoms with Crippen molar-refractivity contribution in [3.05, 3.63) is 34.7 Å². The fourth-order valence-electron chi connectivity index (χ4n) is 2.91. The van der Waals surface area contributed by atoms with E-state index >= 15 is 0 Å². The molecule has 0 radical (unpaired) electrons. The second kappa shape index (κ2) is 8.02. The lowest BCUT2D eigenvalue weighted by atomic mass is 10.2. The van der Waals surface area contributed by atoms with Crippen LogP contribution in [0, 0.1) is 6.92 Å². The molecule has 0 aliphatic carbocycles. The molecule has 1 aliphatic heterocycles. The van der Waals surface area contributed by atoms with Crippen LogP contribution < -0.4 is 19.5 Å². The fourth-order valence-corrected chi connectivity index (χ4v) is 3.78. The van der Waals surface area contributed by atoms with Crippen LogP contribution in [-0.2, 0) is 11.3 Å². The minimum atomic E-state index is -0.309. The third-order valence-corrected chi connectivity index (χ3v) is 5.28. The summed E-state index contributed by atoms with van der Waals surface area (Å²) in [4.78, 5) is 22.7. The fraction of sp³-hybridized carbons (Fsp3) is 0.350. The van der Waals surface area contributed by atoms with Crippen molar-refractivity contribution in [3.8, 4) is 17.5 Å². The minimum absolute atomic E-state index is 0.0867. The number of anilines is 1. The van der Waals surface area contributed by atoms with Crippen LogP contribution in [0.2, 0.25) is 0 Å². The number of rotatable bonds is 7. The normalized spacial score (nSPS) is 12.4. The quantitative estimate of drug-likeness (QED) is 0.588. The van der Waals surface area contributed by atoms with E-state index in [0.29, 0.717) is 18.8 Å². The Morgan fingerprint density at radius 1 is 1.25 bits per heavy atom. The first kappa shape index (κ1) is 18.5. The number of carbonyl (C=O) groups is 1. The van der Waals surface area contributed by atoms with Crippen LogP contribution in [0.3, 0.4) is 0 Å². The number of nitrogens with one attached hydrogen (secondary N) is 1. The number of nitrogens with zero attached hydrogens (tertiary/aromatic N) is 2. The van der Waals surface area contributed by atoms with Crippen LogP contribution in [0.4, 0.5) is 5.82 Å². The zero-order valence-corrected chi connectivity index (χ0v) is 16.6. The van der Waals surface area contributed by atoms with Gasteiger partial charge in [0.05, 0.1) is 5.39 Å². The van der Waals surface area contributed by atoms with Crippen molar-refractivity contribution < 1.29 is 19.0 Å². The maximum atomic E-state index is 12.0. The number of thiophene rings is 1. The van der Waals surface area contributed by atoms with E-state index in [1.807, 2.05) is 38.1 Å². The lowest BCUT2D eigenvalue weighted by molar-refractivity contribution is -0.135. The van der Waals surface area contributed by atoms with E-state index in [-0.39, 0.29) is 18.8 Å². The Hall–Kier alpha value is -2.87. The molecule has 28 heavy (non-hydrogen) atoms. The topological polar surface area (TPSA) is 82.6 Å². The maximum Gasteiger partial charge on any atom is 0.327 e. The number of aryl methyl sites for hydroxylation is 1. The van der Waals surface area contributed by atoms with Gasteiger partial charge in [0.25, 0.3) is 0 Å². The first-order valence-electron chi connectivity index (χ1n) is 9.23. The molecule has 1 aromatic carbocycles. The number of unbranched alkanes of at least 4 members (excludes halogenated alkanes) is 1. The van der Waals surface area contributed by atoms with Gasteiger partial charge in [-0.3, -0.25) is 4.79 Å². The molecule has 1 N–H and O–H groups in total. The van der Waals surface area contributed by atoms with Crippen molar-refractivity contribution >= 4 is 33.3 Å². The molecule has 0 saturated heterocycles. The smallest absolute Gasteiger partial charge is 0.327 e. The van der Waals surface area contributed by atoms with Crippen LogP contribution in [0.5, 0.6) is 17.5 Å². The lowest BCUT2D eigenvalue weighted by Crippen LogP contribution is -2.11. The van der Waals surface area contributed by atoms with E-state index in [0.717, 1.165) is 45.0 Å². The molecule has 7 nitrogen and oxygen atoms in total. The van der Waals surface area contributed by atoms with Crippen molar-refractivity contribution in [3.63, 3.8) is 0 Å². The Bertz CT molecular complexity index is 1020. The summed E-state index contributed by atoms with van der Waals surface area (Å²) in [6.07, 6.45) is 2.08. The molecule has 3 heterocycles. The highest BCUT2D eigenvalue weighted by molar-refractivity contribution is 7.18. The van der Waals surface area contributed by atoms with E-state index < -0.39 is 0 Å². The number of hydrogen-bond acceptors (Lipinski definition) is 8. The minimum Gasteiger partial charge on any atom is -0.454 e. The molecule has 3 aromatic rings. The number of hydrogen-bond donors (Lipinski definition) is 1. The summed E-state index contributed by atoms with van der Waals surface area (Å²) in [5, 5.41) is 4.25. The summed E-state index contributed by atoms with van der Waals surface area (Å²) in [5.74, 6) is 1.83. The molecule has 2 aromatic heterocycles. The van der Waals surface area contributed by atoms with Gasteiger partial charge < -0.3 is 19.5 Å². The van der Waals surface area contributed by atoms with Gasteiger partial charge in [-0.05, 0) is 37.1 Å². The Morgan fingerprint density at radius 2 is 2.11 bits per heavy atom. The second-order valence-corrected chi connectivity index (χ2v) is 7.78. The lowest BCUT2D eigenvalue weighted by Gasteiger charge is -2.09. The molecule has 0 atom stereocenters. The van der Waals surface area contributed by atoms with E-state index in [1.165, 1.54) is 0 Å². The molecule has 8 heteroatoms. The monoisotopic (exact) mass is 399 g/mol. The molecule has 0 fully saturated rings. The highest BCUT2D eigenvalue weighted by Crippen LogP contribution is 2.34. The van der Waals surface area contributed by atoms with Crippen LogP contribution >= 0.6 is 11.3 Å². The predicted octanol–water partition coefficient (Wildman–Crippen LogP) is 4.44. The highest BCUT2D eigenvalue weighted by Gasteiger charge is 2.16. The van der Waals surface area contributed by atoms with E-state index in [2.05, 4.69) is 15.3 Å². The van der Waals surface area contributed by atoms with Crippen molar-refractivity contribution in [2.45, 2.75) is 39.7 Å². The number of fused-ring (bicyclic) bond motifs is 2. The highest BCUT2D eigenvalue weighted by atomic mass is 32.1. The van der Waals surface area contributed by atoms with Gasteiger partial charge in [-0.2, -0.15) is 9.97 Å². The Balaban J connectivity index is 1.55. The first-order chi connectivity index (χ1) is 13.6. The SMILES string of the molecule is CCCCC(=O)Oc1nc(NCc2ccc3c(c2)OCO3)c2cc(C)sc2n1. The average Bonchev–Trinajstić information content (AvgIpc) is 3.29. The van der Waals surface area contributed by atoms with Gasteiger partial charge in [0.15, 0.2) is 11.5 Å². The summed E-state index contributed by atoms with van der Waals surface area (Å²) in [7, 11) is 0. The maximum absolute atomic E-state index is 12.0. The van der Waals surface area contributed by atoms with E-state index in [4.69, 9.17) is 14.2 Å². The van der Waals surface area contributed by atoms with Crippen LogP contribution in [0.15, 0.2) is 24.3 Å². The summed E-state index contributed by atoms with van der Waals surface area (Å²) < 4.78 is 16.1. The number of aromatic nitrogens is 2. The third kappa shape index (κ3) is 4.01. The summed E-state index contributed by atoms with van der Waals surface area (Å²) >= 11 is 1.54. The molecule has 1 aliphatic rings. The van der Waals surface area contributed by atoms with Crippen LogP contribution in [0.25, 0.3) is 10.2 Å². The number of carbonyl (C=O) groups excluding carboxylic acids is 1. The van der Waals surface area contributed by atoms with Crippen molar-refractivity contribution in [1.29, 1.82) is 0 Å². The molecule has 146 valence electrons. The van der Waals surface area contributed by atoms with Gasteiger partial charge in [-0.25, -0.2) is 0 Å². The molecule has 0 unspecified atom stereocenters. The van der Waals surface area contributed by atoms with Crippen molar-refractivity contribution in [2.24, 2.45) is 0 Å². The summed E-state index contributed by atoms with van der Waals surface area (Å²) in [6, 6.07) is 7.93. The Morgan fingerprint density at radius 3 is 2.96 bits per heavy atom. The van der Waals surface area contributed by atoms with E-state index in [1.54, 1.807) is 11.3 Å². The predicted molar refractivity (Wildman–Crippen MR) is 107 cm³/mol. The number of ether oxygens (including phenoxy) is 3. The Kier molecular flexibility index (Phi) is 5.29. The zero-order valence-electron chi connectivity index (χ0n) is 15.8. The first-order valence-corrected chi connectivity index (χ1v) is 10.1. The summed E-state index contributed by atoms with van der Waals surface area (Å²) in [6.45, 7) is 4.84. The van der Waals surface area contributed by atoms with Gasteiger partial charge in [-0.1, -0.05) is 19.4 Å². The molecular weight excluding hydrogens is 378 g/mol. The van der Waals surface area contributed by atoms with Crippen LogP contribution in [0.1, 0.15) is 36.6 Å². The van der Waals surface area contributed by atoms with Gasteiger partial charge in [0.2, 0.25) is 6.79 Å². The molecule has 4 rings (SSSR count). The standard InChI is InChI=1S/C20H21N3O4S/c1-3-4-5-17(24)27-20-22-18(14-8-12(2)28-19(14)23-20)21-10-13-6-7-15-16(9-13)26-11-25-15/h6-9H,3-5,10-11H2,1-2H3,(H,21,22,23). The molecule has 0 bridgehead atoms. The average molecular weight is 399 g/mol. The van der Waals surface area contributed by atoms with E-state index in [9.17, 15) is 4.79 Å². The zero-order chi connectivity index (χ0) is 19.5. The largest absolute Gasteiger partial charge is 0.454 e. The molecular formula is C20H21N3O4S. The van der Waals surface area contributed by atoms with Gasteiger partial charge in [0, 0.05) is 17.8 Å². The van der Waals surface area contributed by atoms with Crippen molar-refractivity contribution in [2.75, 3.05) is 12.1 Å².